The normalized spacial score (nSPS) is 10.6. The Morgan fingerprint density at radius 1 is 1.06 bits per heavy atom. The van der Waals surface area contributed by atoms with E-state index in [1.165, 1.54) is 5.56 Å². The second-order valence-corrected chi connectivity index (χ2v) is 4.10. The van der Waals surface area contributed by atoms with Crippen LogP contribution < -0.4 is 0 Å². The van der Waals surface area contributed by atoms with Crippen molar-refractivity contribution in [1.82, 2.24) is 15.2 Å². The number of hydrogen-bond donors (Lipinski definition) is 2. The molecule has 2 heterocycles. The highest BCUT2D eigenvalue weighted by atomic mass is 15.1. The van der Waals surface area contributed by atoms with Gasteiger partial charge in [0.25, 0.3) is 0 Å². The van der Waals surface area contributed by atoms with E-state index in [0.717, 1.165) is 22.5 Å². The molecule has 0 atom stereocenters. The number of nitrogens with one attached hydrogen (secondary N) is 2. The molecular formula is C14H13N3. The zero-order valence-corrected chi connectivity index (χ0v) is 9.57. The molecule has 0 bridgehead atoms. The molecule has 3 heteroatoms. The van der Waals surface area contributed by atoms with Crippen molar-refractivity contribution < 1.29 is 0 Å². The summed E-state index contributed by atoms with van der Waals surface area (Å²) in [6, 6.07) is 12.4. The van der Waals surface area contributed by atoms with Crippen molar-refractivity contribution >= 4 is 0 Å². The number of nitrogens with zero attached hydrogens (tertiary/aromatic N) is 1. The summed E-state index contributed by atoms with van der Waals surface area (Å²) in [5, 5.41) is 7.21. The molecule has 0 aliphatic heterocycles. The van der Waals surface area contributed by atoms with Crippen LogP contribution in [-0.4, -0.2) is 15.2 Å². The fraction of sp³-hybridized carbons (Fsp3) is 0.0714. The van der Waals surface area contributed by atoms with E-state index in [0.29, 0.717) is 0 Å². The van der Waals surface area contributed by atoms with E-state index in [2.05, 4.69) is 33.4 Å². The molecule has 0 aliphatic rings. The van der Waals surface area contributed by atoms with Gasteiger partial charge < -0.3 is 4.98 Å². The molecule has 0 amide bonds. The smallest absolute Gasteiger partial charge is 0.0743 e. The number of hydrogen-bond acceptors (Lipinski definition) is 1. The number of benzene rings is 1. The molecule has 0 radical (unpaired) electrons. The highest BCUT2D eigenvalue weighted by Crippen LogP contribution is 2.29. The van der Waals surface area contributed by atoms with E-state index >= 15 is 0 Å². The minimum atomic E-state index is 1.06. The van der Waals surface area contributed by atoms with Gasteiger partial charge in [-0.15, -0.1) is 0 Å². The fourth-order valence-corrected chi connectivity index (χ4v) is 2.00. The molecule has 84 valence electrons. The molecule has 3 nitrogen and oxygen atoms in total. The molecule has 0 spiro atoms. The highest BCUT2D eigenvalue weighted by molar-refractivity contribution is 5.80. The Morgan fingerprint density at radius 3 is 2.59 bits per heavy atom. The third kappa shape index (κ3) is 1.76. The molecular weight excluding hydrogens is 210 g/mol. The zero-order chi connectivity index (χ0) is 11.7. The lowest BCUT2D eigenvalue weighted by Crippen LogP contribution is -1.79. The molecule has 0 aliphatic carbocycles. The predicted molar refractivity (Wildman–Crippen MR) is 68.5 cm³/mol. The SMILES string of the molecule is Cc1cc(-c2[nH]ncc2-c2ccccc2)c[nH]1. The Balaban J connectivity index is 2.12. The van der Waals surface area contributed by atoms with Crippen molar-refractivity contribution in [1.29, 1.82) is 0 Å². The Hall–Kier alpha value is -2.29. The monoisotopic (exact) mass is 223 g/mol. The standard InChI is InChI=1S/C14H13N3/c1-10-7-12(8-15-10)14-13(9-16-17-14)11-5-3-2-4-6-11/h2-9,15H,1H3,(H,16,17). The van der Waals surface area contributed by atoms with Gasteiger partial charge in [-0.25, -0.2) is 0 Å². The second-order valence-electron chi connectivity index (χ2n) is 4.10. The van der Waals surface area contributed by atoms with Crippen molar-refractivity contribution in [2.24, 2.45) is 0 Å². The maximum Gasteiger partial charge on any atom is 0.0743 e. The van der Waals surface area contributed by atoms with Crippen LogP contribution in [0.15, 0.2) is 48.8 Å². The Kier molecular flexibility index (Phi) is 2.29. The fourth-order valence-electron chi connectivity index (χ4n) is 2.00. The van der Waals surface area contributed by atoms with E-state index in [1.54, 1.807) is 0 Å². The molecule has 0 unspecified atom stereocenters. The minimum absolute atomic E-state index is 1.06. The number of aromatic amines is 2. The number of aromatic nitrogens is 3. The van der Waals surface area contributed by atoms with Gasteiger partial charge in [-0.05, 0) is 18.6 Å². The topological polar surface area (TPSA) is 44.5 Å². The van der Waals surface area contributed by atoms with Crippen LogP contribution >= 0.6 is 0 Å². The Morgan fingerprint density at radius 2 is 1.88 bits per heavy atom. The Labute approximate surface area is 99.5 Å². The molecule has 1 aromatic carbocycles. The van der Waals surface area contributed by atoms with Gasteiger partial charge >= 0.3 is 0 Å². The van der Waals surface area contributed by atoms with Gasteiger partial charge in [-0.2, -0.15) is 5.10 Å². The average molecular weight is 223 g/mol. The first-order valence-electron chi connectivity index (χ1n) is 5.59. The predicted octanol–water partition coefficient (Wildman–Crippen LogP) is 3.38. The summed E-state index contributed by atoms with van der Waals surface area (Å²) in [5.74, 6) is 0. The van der Waals surface area contributed by atoms with Crippen molar-refractivity contribution in [3.8, 4) is 22.4 Å². The van der Waals surface area contributed by atoms with Gasteiger partial charge in [-0.1, -0.05) is 30.3 Å². The van der Waals surface area contributed by atoms with Crippen molar-refractivity contribution in [3.05, 3.63) is 54.5 Å². The lowest BCUT2D eigenvalue weighted by atomic mass is 10.0. The summed E-state index contributed by atoms with van der Waals surface area (Å²) in [7, 11) is 0. The highest BCUT2D eigenvalue weighted by Gasteiger charge is 2.10. The van der Waals surface area contributed by atoms with E-state index in [4.69, 9.17) is 0 Å². The van der Waals surface area contributed by atoms with Crippen LogP contribution in [0.5, 0.6) is 0 Å². The summed E-state index contributed by atoms with van der Waals surface area (Å²) in [4.78, 5) is 3.19. The van der Waals surface area contributed by atoms with Crippen molar-refractivity contribution in [2.45, 2.75) is 6.92 Å². The molecule has 0 fully saturated rings. The minimum Gasteiger partial charge on any atom is -0.365 e. The van der Waals surface area contributed by atoms with E-state index in [-0.39, 0.29) is 0 Å². The summed E-state index contributed by atoms with van der Waals surface area (Å²) in [5.41, 5.74) is 5.65. The van der Waals surface area contributed by atoms with Crippen LogP contribution in [0.4, 0.5) is 0 Å². The van der Waals surface area contributed by atoms with E-state index in [9.17, 15) is 0 Å². The largest absolute Gasteiger partial charge is 0.365 e. The van der Waals surface area contributed by atoms with Gasteiger partial charge in [0, 0.05) is 23.0 Å². The first-order valence-corrected chi connectivity index (χ1v) is 5.59. The molecule has 0 saturated heterocycles. The third-order valence-electron chi connectivity index (χ3n) is 2.84. The van der Waals surface area contributed by atoms with Crippen LogP contribution in [-0.2, 0) is 0 Å². The number of H-pyrrole nitrogens is 2. The summed E-state index contributed by atoms with van der Waals surface area (Å²) >= 11 is 0. The van der Waals surface area contributed by atoms with Crippen LogP contribution in [0.3, 0.4) is 0 Å². The average Bonchev–Trinajstić information content (AvgIpc) is 2.98. The van der Waals surface area contributed by atoms with Gasteiger partial charge in [0.1, 0.15) is 0 Å². The first-order chi connectivity index (χ1) is 8.34. The van der Waals surface area contributed by atoms with Crippen molar-refractivity contribution in [3.63, 3.8) is 0 Å². The molecule has 17 heavy (non-hydrogen) atoms. The first kappa shape index (κ1) is 9.90. The quantitative estimate of drug-likeness (QED) is 0.687. The van der Waals surface area contributed by atoms with Gasteiger partial charge in [0.2, 0.25) is 0 Å². The molecule has 0 saturated carbocycles. The Bertz CT molecular complexity index is 620. The summed E-state index contributed by atoms with van der Waals surface area (Å²) < 4.78 is 0. The lowest BCUT2D eigenvalue weighted by Gasteiger charge is -2.00. The van der Waals surface area contributed by atoms with Crippen LogP contribution in [0.1, 0.15) is 5.69 Å². The van der Waals surface area contributed by atoms with Gasteiger partial charge in [-0.3, -0.25) is 5.10 Å². The molecule has 2 N–H and O–H groups in total. The van der Waals surface area contributed by atoms with Gasteiger partial charge in [0.05, 0.1) is 11.9 Å². The maximum absolute atomic E-state index is 4.15. The van der Waals surface area contributed by atoms with E-state index in [1.807, 2.05) is 37.5 Å². The van der Waals surface area contributed by atoms with Gasteiger partial charge in [0.15, 0.2) is 0 Å². The lowest BCUT2D eigenvalue weighted by molar-refractivity contribution is 1.10. The summed E-state index contributed by atoms with van der Waals surface area (Å²) in [6.07, 6.45) is 3.86. The van der Waals surface area contributed by atoms with Crippen LogP contribution in [0, 0.1) is 6.92 Å². The third-order valence-corrected chi connectivity index (χ3v) is 2.84. The number of rotatable bonds is 2. The van der Waals surface area contributed by atoms with E-state index < -0.39 is 0 Å². The maximum atomic E-state index is 4.15. The van der Waals surface area contributed by atoms with Crippen molar-refractivity contribution in [2.75, 3.05) is 0 Å². The second kappa shape index (κ2) is 3.94. The molecule has 3 rings (SSSR count). The molecule has 3 aromatic rings. The number of aryl methyl sites for hydroxylation is 1. The zero-order valence-electron chi connectivity index (χ0n) is 9.57. The van der Waals surface area contributed by atoms with Crippen LogP contribution in [0.2, 0.25) is 0 Å². The molecule has 2 aromatic heterocycles. The summed E-state index contributed by atoms with van der Waals surface area (Å²) in [6.45, 7) is 2.04. The van der Waals surface area contributed by atoms with Crippen LogP contribution in [0.25, 0.3) is 22.4 Å².